The van der Waals surface area contributed by atoms with Crippen LogP contribution in [0.3, 0.4) is 0 Å². The molecule has 0 bridgehead atoms. The Morgan fingerprint density at radius 3 is 2.60 bits per heavy atom. The highest BCUT2D eigenvalue weighted by atomic mass is 19.4. The summed E-state index contributed by atoms with van der Waals surface area (Å²) in [5.41, 5.74) is 1.49. The maximum absolute atomic E-state index is 12.8. The van der Waals surface area contributed by atoms with Crippen LogP contribution in [0.15, 0.2) is 18.5 Å². The number of ether oxygens (including phenoxy) is 1. The molecule has 4 heterocycles. The number of aryl methyl sites for hydroxylation is 2. The van der Waals surface area contributed by atoms with E-state index in [1.54, 1.807) is 38.4 Å². The first-order valence-electron chi connectivity index (χ1n) is 10.8. The van der Waals surface area contributed by atoms with E-state index in [0.717, 1.165) is 18.2 Å². The zero-order valence-corrected chi connectivity index (χ0v) is 20.1. The number of carbonyl (C=O) groups is 1. The van der Waals surface area contributed by atoms with Crippen molar-refractivity contribution in [2.45, 2.75) is 33.1 Å². The van der Waals surface area contributed by atoms with E-state index in [9.17, 15) is 18.0 Å². The molecule has 190 valence electrons. The number of nitrogens with one attached hydrogen (secondary N) is 2. The van der Waals surface area contributed by atoms with Gasteiger partial charge in [-0.15, -0.1) is 0 Å². The minimum atomic E-state index is -4.49. The number of nitrogens with zero attached hydrogens (tertiary/aromatic N) is 7. The van der Waals surface area contributed by atoms with Crippen LogP contribution in [0.4, 0.5) is 30.6 Å². The third-order valence-corrected chi connectivity index (χ3v) is 5.09. The van der Waals surface area contributed by atoms with Crippen molar-refractivity contribution in [2.24, 2.45) is 7.05 Å². The fourth-order valence-electron chi connectivity index (χ4n) is 3.25. The number of methoxy groups -OCH3 is 1. The minimum Gasteiger partial charge on any atom is -0.385 e. The van der Waals surface area contributed by atoms with E-state index < -0.39 is 11.9 Å². The second-order valence-electron chi connectivity index (χ2n) is 7.85. The topological polar surface area (TPSA) is 115 Å². The average molecular weight is 496 g/mol. The summed E-state index contributed by atoms with van der Waals surface area (Å²) < 4.78 is 45.7. The molecule has 0 saturated carbocycles. The van der Waals surface area contributed by atoms with Gasteiger partial charge in [-0.1, -0.05) is 0 Å². The SMILES string of the molecule is CCOC.Cc1nc(NCc2cnn(Cc3cc(C(F)(F)F)nn3C)c2)nc2c1NC(=O)CN2C. The van der Waals surface area contributed by atoms with E-state index in [1.165, 1.54) is 16.4 Å². The summed E-state index contributed by atoms with van der Waals surface area (Å²) in [4.78, 5) is 22.3. The highest BCUT2D eigenvalue weighted by molar-refractivity contribution is 6.00. The quantitative estimate of drug-likeness (QED) is 0.536. The summed E-state index contributed by atoms with van der Waals surface area (Å²) in [5, 5.41) is 13.6. The Morgan fingerprint density at radius 2 is 1.97 bits per heavy atom. The first kappa shape index (κ1) is 25.9. The molecule has 0 radical (unpaired) electrons. The zero-order chi connectivity index (χ0) is 25.8. The van der Waals surface area contributed by atoms with Crippen molar-refractivity contribution >= 4 is 23.4 Å². The lowest BCUT2D eigenvalue weighted by atomic mass is 10.2. The van der Waals surface area contributed by atoms with Gasteiger partial charge in [-0.25, -0.2) is 4.98 Å². The lowest BCUT2D eigenvalue weighted by Gasteiger charge is -2.27. The Hall–Kier alpha value is -3.68. The van der Waals surface area contributed by atoms with Crippen LogP contribution >= 0.6 is 0 Å². The Morgan fingerprint density at radius 1 is 1.26 bits per heavy atom. The molecule has 0 saturated heterocycles. The van der Waals surface area contributed by atoms with E-state index in [1.807, 2.05) is 6.92 Å². The molecule has 2 N–H and O–H groups in total. The number of fused-ring (bicyclic) bond motifs is 1. The summed E-state index contributed by atoms with van der Waals surface area (Å²) >= 11 is 0. The van der Waals surface area contributed by atoms with Gasteiger partial charge in [-0.3, -0.25) is 14.2 Å². The van der Waals surface area contributed by atoms with Crippen molar-refractivity contribution in [3.63, 3.8) is 0 Å². The molecule has 1 aliphatic heterocycles. The second-order valence-corrected chi connectivity index (χ2v) is 7.85. The predicted octanol–water partition coefficient (Wildman–Crippen LogP) is 2.44. The van der Waals surface area contributed by atoms with Gasteiger partial charge in [0.25, 0.3) is 0 Å². The summed E-state index contributed by atoms with van der Waals surface area (Å²) in [6.45, 7) is 5.29. The van der Waals surface area contributed by atoms with Crippen molar-refractivity contribution in [1.29, 1.82) is 0 Å². The minimum absolute atomic E-state index is 0.120. The third-order valence-electron chi connectivity index (χ3n) is 5.09. The number of aromatic nitrogens is 6. The van der Waals surface area contributed by atoms with Crippen LogP contribution in [-0.4, -0.2) is 62.7 Å². The van der Waals surface area contributed by atoms with Crippen LogP contribution in [0.2, 0.25) is 0 Å². The van der Waals surface area contributed by atoms with Gasteiger partial charge in [0.05, 0.1) is 30.7 Å². The molecular weight excluding hydrogens is 467 g/mol. The number of likely N-dealkylation sites (N-methyl/N-ethyl adjacent to an activating group) is 1. The van der Waals surface area contributed by atoms with Gasteiger partial charge < -0.3 is 20.3 Å². The van der Waals surface area contributed by atoms with Gasteiger partial charge >= 0.3 is 6.18 Å². The fraction of sp³-hybridized carbons (Fsp3) is 0.476. The van der Waals surface area contributed by atoms with Crippen LogP contribution < -0.4 is 15.5 Å². The maximum Gasteiger partial charge on any atom is 0.435 e. The lowest BCUT2D eigenvalue weighted by molar-refractivity contribution is -0.141. The van der Waals surface area contributed by atoms with Gasteiger partial charge in [0.2, 0.25) is 11.9 Å². The van der Waals surface area contributed by atoms with Crippen LogP contribution in [0.25, 0.3) is 0 Å². The molecule has 0 aliphatic carbocycles. The number of hydrogen-bond acceptors (Lipinski definition) is 8. The van der Waals surface area contributed by atoms with E-state index >= 15 is 0 Å². The van der Waals surface area contributed by atoms with Gasteiger partial charge in [-0.2, -0.15) is 28.4 Å². The molecular formula is C21H28F3N9O2. The Kier molecular flexibility index (Phi) is 7.94. The number of alkyl halides is 3. The van der Waals surface area contributed by atoms with Crippen molar-refractivity contribution in [2.75, 3.05) is 42.8 Å². The van der Waals surface area contributed by atoms with Gasteiger partial charge in [0.15, 0.2) is 11.5 Å². The van der Waals surface area contributed by atoms with Crippen LogP contribution in [0.1, 0.15) is 29.6 Å². The highest BCUT2D eigenvalue weighted by Crippen LogP contribution is 2.30. The normalized spacial score (nSPS) is 13.1. The maximum atomic E-state index is 12.8. The molecule has 3 aromatic heterocycles. The van der Waals surface area contributed by atoms with Crippen molar-refractivity contribution in [3.05, 3.63) is 41.1 Å². The van der Waals surface area contributed by atoms with Crippen molar-refractivity contribution in [3.8, 4) is 0 Å². The molecule has 3 aromatic rings. The largest absolute Gasteiger partial charge is 0.435 e. The van der Waals surface area contributed by atoms with Crippen LogP contribution in [0, 0.1) is 6.92 Å². The number of anilines is 3. The number of rotatable bonds is 6. The molecule has 11 nitrogen and oxygen atoms in total. The lowest BCUT2D eigenvalue weighted by Crippen LogP contribution is -2.36. The monoisotopic (exact) mass is 495 g/mol. The number of carbonyl (C=O) groups excluding carboxylic acids is 1. The smallest absolute Gasteiger partial charge is 0.385 e. The molecule has 4 rings (SSSR count). The first-order valence-corrected chi connectivity index (χ1v) is 10.8. The zero-order valence-electron chi connectivity index (χ0n) is 20.1. The van der Waals surface area contributed by atoms with Crippen molar-refractivity contribution < 1.29 is 22.7 Å². The van der Waals surface area contributed by atoms with Crippen LogP contribution in [-0.2, 0) is 35.8 Å². The molecule has 0 unspecified atom stereocenters. The molecule has 0 atom stereocenters. The van der Waals surface area contributed by atoms with E-state index in [2.05, 4.69) is 35.5 Å². The molecule has 14 heteroatoms. The molecule has 0 aromatic carbocycles. The second kappa shape index (κ2) is 10.7. The molecule has 35 heavy (non-hydrogen) atoms. The number of amides is 1. The Labute approximate surface area is 200 Å². The highest BCUT2D eigenvalue weighted by Gasteiger charge is 2.34. The standard InChI is InChI=1S/C18H20F3N9O.C3H8O/c1-10-15-16(28(2)9-14(31)25-15)26-17(24-10)22-5-11-6-23-30(7-11)8-12-4-13(18(19,20)21)27-29(12)3;1-3-4-2/h4,6-7H,5,8-9H2,1-3H3,(H,25,31)(H,22,24,26);3H2,1-2H3. The van der Waals surface area contributed by atoms with E-state index in [-0.39, 0.29) is 19.0 Å². The van der Waals surface area contributed by atoms with Gasteiger partial charge in [-0.05, 0) is 19.9 Å². The van der Waals surface area contributed by atoms with E-state index in [4.69, 9.17) is 0 Å². The molecule has 1 amide bonds. The molecule has 0 spiro atoms. The Bertz CT molecular complexity index is 1170. The summed E-state index contributed by atoms with van der Waals surface area (Å²) in [5.74, 6) is 0.904. The summed E-state index contributed by atoms with van der Waals surface area (Å²) in [7, 11) is 4.92. The molecule has 1 aliphatic rings. The summed E-state index contributed by atoms with van der Waals surface area (Å²) in [6, 6.07) is 1.01. The summed E-state index contributed by atoms with van der Waals surface area (Å²) in [6.07, 6.45) is -1.14. The molecule has 0 fully saturated rings. The third kappa shape index (κ3) is 6.47. The van der Waals surface area contributed by atoms with Gasteiger partial charge in [0, 0.05) is 46.1 Å². The predicted molar refractivity (Wildman–Crippen MR) is 123 cm³/mol. The fourth-order valence-corrected chi connectivity index (χ4v) is 3.25. The van der Waals surface area contributed by atoms with Gasteiger partial charge in [0.1, 0.15) is 5.69 Å². The number of hydrogen-bond donors (Lipinski definition) is 2. The Balaban J connectivity index is 0.000000795. The number of halogens is 3. The van der Waals surface area contributed by atoms with Crippen molar-refractivity contribution in [1.82, 2.24) is 29.5 Å². The first-order chi connectivity index (χ1) is 16.5. The van der Waals surface area contributed by atoms with Crippen LogP contribution in [0.5, 0.6) is 0 Å². The van der Waals surface area contributed by atoms with E-state index in [0.29, 0.717) is 35.4 Å². The average Bonchev–Trinajstić information content (AvgIpc) is 3.40.